The molecule has 3 atom stereocenters. The van der Waals surface area contributed by atoms with Crippen LogP contribution in [0.25, 0.3) is 0 Å². The van der Waals surface area contributed by atoms with Crippen LogP contribution in [0.15, 0.2) is 121 Å². The summed E-state index contributed by atoms with van der Waals surface area (Å²) in [5, 5.41) is 19.5. The van der Waals surface area contributed by atoms with Gasteiger partial charge in [0.2, 0.25) is 0 Å². The Hall–Kier alpha value is -4.39. The molecule has 204 valence electrons. The van der Waals surface area contributed by atoms with Crippen LogP contribution in [0.4, 0.5) is 17.1 Å². The van der Waals surface area contributed by atoms with Crippen molar-refractivity contribution in [2.75, 3.05) is 11.5 Å². The lowest BCUT2D eigenvalue weighted by molar-refractivity contribution is -0.244. The maximum Gasteiger partial charge on any atom is 0.303 e. The number of hydrogen-bond acceptors (Lipinski definition) is 5. The third-order valence-corrected chi connectivity index (χ3v) is 6.99. The van der Waals surface area contributed by atoms with E-state index in [1.807, 2.05) is 72.8 Å². The fourth-order valence-corrected chi connectivity index (χ4v) is 4.98. The molecule has 0 aromatic heterocycles. The van der Waals surface area contributed by atoms with Gasteiger partial charge in [-0.25, -0.2) is 0 Å². The zero-order valence-electron chi connectivity index (χ0n) is 22.2. The molecule has 0 unspecified atom stereocenters. The van der Waals surface area contributed by atoms with E-state index in [1.165, 1.54) is 0 Å². The number of hydrogen-bond donors (Lipinski definition) is 2. The Balaban J connectivity index is 1.36. The van der Waals surface area contributed by atoms with Crippen LogP contribution in [0.3, 0.4) is 0 Å². The van der Waals surface area contributed by atoms with Crippen molar-refractivity contribution >= 4 is 23.0 Å². The molecule has 5 rings (SSSR count). The van der Waals surface area contributed by atoms with Gasteiger partial charge in [-0.15, -0.1) is 0 Å². The molecule has 6 nitrogen and oxygen atoms in total. The average Bonchev–Trinajstić information content (AvgIpc) is 2.99. The number of nitrogens with zero attached hydrogens (tertiary/aromatic N) is 1. The van der Waals surface area contributed by atoms with E-state index in [4.69, 9.17) is 14.6 Å². The van der Waals surface area contributed by atoms with Gasteiger partial charge >= 0.3 is 5.97 Å². The van der Waals surface area contributed by atoms with Crippen molar-refractivity contribution in [2.45, 2.75) is 31.7 Å². The second kappa shape index (κ2) is 13.1. The number of carboxylic acid groups (broad SMARTS) is 1. The topological polar surface area (TPSA) is 79.2 Å². The number of phenolic OH excluding ortho intramolecular Hbond substituents is 1. The Morgan fingerprint density at radius 1 is 0.800 bits per heavy atom. The predicted molar refractivity (Wildman–Crippen MR) is 156 cm³/mol. The van der Waals surface area contributed by atoms with E-state index < -0.39 is 12.3 Å². The summed E-state index contributed by atoms with van der Waals surface area (Å²) in [5.74, 6) is -0.660. The first kappa shape index (κ1) is 27.2. The molecule has 40 heavy (non-hydrogen) atoms. The number of aromatic hydroxyl groups is 1. The van der Waals surface area contributed by atoms with Gasteiger partial charge in [0.15, 0.2) is 6.29 Å². The molecule has 1 heterocycles. The second-order valence-corrected chi connectivity index (χ2v) is 9.78. The zero-order valence-corrected chi connectivity index (χ0v) is 22.2. The number of phenols is 1. The highest BCUT2D eigenvalue weighted by atomic mass is 16.7. The Kier molecular flexibility index (Phi) is 8.91. The van der Waals surface area contributed by atoms with Crippen LogP contribution in [-0.2, 0) is 14.3 Å². The van der Waals surface area contributed by atoms with Gasteiger partial charge in [-0.05, 0) is 55.3 Å². The predicted octanol–water partition coefficient (Wildman–Crippen LogP) is 8.08. The Labute approximate surface area is 234 Å². The monoisotopic (exact) mass is 535 g/mol. The highest BCUT2D eigenvalue weighted by Gasteiger charge is 2.34. The summed E-state index contributed by atoms with van der Waals surface area (Å²) in [7, 11) is 0. The number of aliphatic carboxylic acids is 1. The summed E-state index contributed by atoms with van der Waals surface area (Å²) in [6, 6.07) is 35.9. The molecular formula is C34H33NO5. The molecule has 6 heteroatoms. The van der Waals surface area contributed by atoms with E-state index >= 15 is 0 Å². The molecule has 1 aliphatic heterocycles. The van der Waals surface area contributed by atoms with E-state index in [1.54, 1.807) is 12.1 Å². The molecule has 0 radical (unpaired) electrons. The summed E-state index contributed by atoms with van der Waals surface area (Å²) in [6.07, 6.45) is 4.11. The SMILES string of the molecule is O=C(O)CC/C=C/C[C@@H]1CO[C@H](c2ccc(N(c3ccccc3)c3ccccc3)cc2)O[C@@H]1c1ccccc1O. The minimum absolute atomic E-state index is 0.0310. The van der Waals surface area contributed by atoms with Crippen molar-refractivity contribution in [1.29, 1.82) is 0 Å². The van der Waals surface area contributed by atoms with Gasteiger partial charge in [0.25, 0.3) is 0 Å². The van der Waals surface area contributed by atoms with Crippen molar-refractivity contribution in [1.82, 2.24) is 0 Å². The van der Waals surface area contributed by atoms with Gasteiger partial charge in [-0.2, -0.15) is 0 Å². The number of benzene rings is 4. The fraction of sp³-hybridized carbons (Fsp3) is 0.206. The van der Waals surface area contributed by atoms with E-state index in [0.29, 0.717) is 19.4 Å². The third kappa shape index (κ3) is 6.60. The number of carbonyl (C=O) groups is 1. The summed E-state index contributed by atoms with van der Waals surface area (Å²) >= 11 is 0. The number of para-hydroxylation sites is 3. The first-order chi connectivity index (χ1) is 19.6. The maximum absolute atomic E-state index is 10.8. The molecule has 1 fully saturated rings. The first-order valence-corrected chi connectivity index (χ1v) is 13.5. The molecule has 2 N–H and O–H groups in total. The lowest BCUT2D eigenvalue weighted by Crippen LogP contribution is -2.30. The Morgan fingerprint density at radius 3 is 2.02 bits per heavy atom. The quantitative estimate of drug-likeness (QED) is 0.200. The first-order valence-electron chi connectivity index (χ1n) is 13.5. The second-order valence-electron chi connectivity index (χ2n) is 9.78. The third-order valence-electron chi connectivity index (χ3n) is 6.99. The maximum atomic E-state index is 10.8. The highest BCUT2D eigenvalue weighted by molar-refractivity contribution is 5.76. The molecule has 4 aromatic carbocycles. The smallest absolute Gasteiger partial charge is 0.303 e. The van der Waals surface area contributed by atoms with Crippen molar-refractivity contribution in [3.63, 3.8) is 0 Å². The number of carboxylic acids is 1. The van der Waals surface area contributed by atoms with Crippen molar-refractivity contribution in [2.24, 2.45) is 5.92 Å². The largest absolute Gasteiger partial charge is 0.508 e. The van der Waals surface area contributed by atoms with Gasteiger partial charge in [0, 0.05) is 40.5 Å². The van der Waals surface area contributed by atoms with Crippen LogP contribution >= 0.6 is 0 Å². The number of anilines is 3. The van der Waals surface area contributed by atoms with Crippen molar-refractivity contribution < 1.29 is 24.5 Å². The molecule has 0 amide bonds. The lowest BCUT2D eigenvalue weighted by Gasteiger charge is -2.37. The van der Waals surface area contributed by atoms with Crippen LogP contribution in [0.2, 0.25) is 0 Å². The summed E-state index contributed by atoms with van der Waals surface area (Å²) in [5.41, 5.74) is 4.74. The van der Waals surface area contributed by atoms with Gasteiger partial charge in [0.1, 0.15) is 5.75 Å². The summed E-state index contributed by atoms with van der Waals surface area (Å²) in [6.45, 7) is 0.439. The Bertz CT molecular complexity index is 1370. The summed E-state index contributed by atoms with van der Waals surface area (Å²) in [4.78, 5) is 13.0. The van der Waals surface area contributed by atoms with Gasteiger partial charge in [0.05, 0.1) is 12.7 Å². The van der Waals surface area contributed by atoms with Crippen molar-refractivity contribution in [3.8, 4) is 5.75 Å². The Morgan fingerprint density at radius 2 is 1.40 bits per heavy atom. The van der Waals surface area contributed by atoms with Crippen LogP contribution in [0.1, 0.15) is 42.8 Å². The number of allylic oxidation sites excluding steroid dienone is 2. The number of ether oxygens (including phenoxy) is 2. The lowest BCUT2D eigenvalue weighted by atomic mass is 9.91. The van der Waals surface area contributed by atoms with E-state index in [2.05, 4.69) is 41.3 Å². The molecule has 1 saturated heterocycles. The molecular weight excluding hydrogens is 502 g/mol. The normalized spacial score (nSPS) is 18.9. The van der Waals surface area contributed by atoms with Crippen LogP contribution < -0.4 is 4.90 Å². The molecule has 4 aromatic rings. The van der Waals surface area contributed by atoms with Crippen LogP contribution in [0, 0.1) is 5.92 Å². The zero-order chi connectivity index (χ0) is 27.7. The standard InChI is InChI=1S/C34H33NO5/c36-31-18-11-10-17-30(31)33-26(12-4-1-9-19-32(37)38)24-39-34(40-33)25-20-22-29(23-21-25)35(27-13-5-2-6-14-27)28-15-7-3-8-16-28/h1-8,10-11,13-18,20-23,26,33-34,36H,9,12,19,24H2,(H,37,38)/b4-1+/t26-,33+,34+/m1/s1. The average molecular weight is 536 g/mol. The summed E-state index contributed by atoms with van der Waals surface area (Å²) < 4.78 is 12.7. The molecule has 0 bridgehead atoms. The van der Waals surface area contributed by atoms with E-state index in [9.17, 15) is 9.90 Å². The van der Waals surface area contributed by atoms with Crippen LogP contribution in [-0.4, -0.2) is 22.8 Å². The van der Waals surface area contributed by atoms with Crippen LogP contribution in [0.5, 0.6) is 5.75 Å². The van der Waals surface area contributed by atoms with E-state index in [-0.39, 0.29) is 24.2 Å². The molecule has 0 saturated carbocycles. The molecule has 0 spiro atoms. The molecule has 1 aliphatic rings. The number of rotatable bonds is 10. The van der Waals surface area contributed by atoms with Crippen molar-refractivity contribution in [3.05, 3.63) is 132 Å². The van der Waals surface area contributed by atoms with Gasteiger partial charge in [-0.1, -0.05) is 78.9 Å². The van der Waals surface area contributed by atoms with Gasteiger partial charge in [-0.3, -0.25) is 4.79 Å². The molecule has 0 aliphatic carbocycles. The van der Waals surface area contributed by atoms with E-state index in [0.717, 1.165) is 28.2 Å². The fourth-order valence-electron chi connectivity index (χ4n) is 4.98. The minimum Gasteiger partial charge on any atom is -0.508 e. The van der Waals surface area contributed by atoms with Gasteiger partial charge < -0.3 is 24.6 Å². The highest BCUT2D eigenvalue weighted by Crippen LogP contribution is 2.43. The minimum atomic E-state index is -0.814.